The molecule has 0 fully saturated rings. The van der Waals surface area contributed by atoms with Crippen molar-refractivity contribution in [3.63, 3.8) is 0 Å². The average molecular weight is 211 g/mol. The van der Waals surface area contributed by atoms with Crippen molar-refractivity contribution in [3.05, 3.63) is 22.8 Å². The van der Waals surface area contributed by atoms with Crippen LogP contribution in [0.15, 0.2) is 10.9 Å². The fraction of sp³-hybridized carbons (Fsp3) is 0.429. The van der Waals surface area contributed by atoms with Gasteiger partial charge in [0.25, 0.3) is 0 Å². The molecule has 0 aromatic carbocycles. The second kappa shape index (κ2) is 3.70. The molecule has 0 atom stereocenters. The van der Waals surface area contributed by atoms with Gasteiger partial charge in [0.05, 0.1) is 0 Å². The van der Waals surface area contributed by atoms with Crippen LogP contribution in [0.25, 0.3) is 0 Å². The largest absolute Gasteiger partial charge is 0.340 e. The molecule has 2 rings (SSSR count). The smallest absolute Gasteiger partial charge is 0.228 e. The third kappa shape index (κ3) is 1.72. The number of aromatic nitrogens is 5. The van der Waals surface area contributed by atoms with E-state index < -0.39 is 0 Å². The number of aryl methyl sites for hydroxylation is 2. The molecule has 14 heavy (non-hydrogen) atoms. The maximum Gasteiger partial charge on any atom is 0.228 e. The summed E-state index contributed by atoms with van der Waals surface area (Å²) in [6.07, 6.45) is 2.05. The molecule has 0 saturated heterocycles. The van der Waals surface area contributed by atoms with Crippen LogP contribution in [0.1, 0.15) is 11.7 Å². The second-order valence-corrected chi connectivity index (χ2v) is 3.20. The Morgan fingerprint density at radius 1 is 1.64 bits per heavy atom. The van der Waals surface area contributed by atoms with Crippen molar-refractivity contribution in [3.8, 4) is 0 Å². The molecule has 0 aliphatic rings. The standard InChI is InChI=1S/C7H9N5OS/c1-5-10-11-7(14)12(5)3-2-6-8-4-9-13-6/h4H,2-3H2,1H3,(H,11,14). The number of hydrogen-bond donors (Lipinski definition) is 1. The molecule has 0 radical (unpaired) electrons. The molecule has 7 heteroatoms. The number of H-pyrrole nitrogens is 1. The normalized spacial score (nSPS) is 10.6. The van der Waals surface area contributed by atoms with Crippen LogP contribution in [0.2, 0.25) is 0 Å². The Hall–Kier alpha value is -1.50. The molecule has 2 heterocycles. The van der Waals surface area contributed by atoms with E-state index in [1.54, 1.807) is 0 Å². The van der Waals surface area contributed by atoms with E-state index in [1.807, 2.05) is 11.5 Å². The van der Waals surface area contributed by atoms with Gasteiger partial charge < -0.3 is 9.09 Å². The van der Waals surface area contributed by atoms with Gasteiger partial charge in [0.15, 0.2) is 11.1 Å². The summed E-state index contributed by atoms with van der Waals surface area (Å²) in [7, 11) is 0. The van der Waals surface area contributed by atoms with Crippen molar-refractivity contribution >= 4 is 12.2 Å². The summed E-state index contributed by atoms with van der Waals surface area (Å²) in [5, 5.41) is 10.2. The summed E-state index contributed by atoms with van der Waals surface area (Å²) in [6.45, 7) is 2.59. The molecule has 0 saturated carbocycles. The molecular formula is C7H9N5OS. The molecule has 0 spiro atoms. The Kier molecular flexibility index (Phi) is 2.40. The van der Waals surface area contributed by atoms with Crippen molar-refractivity contribution in [2.45, 2.75) is 19.9 Å². The predicted molar refractivity (Wildman–Crippen MR) is 50.2 cm³/mol. The molecule has 2 aromatic heterocycles. The van der Waals surface area contributed by atoms with Crippen LogP contribution < -0.4 is 0 Å². The average Bonchev–Trinajstić information content (AvgIpc) is 2.76. The Bertz CT molecular complexity index is 457. The van der Waals surface area contributed by atoms with Gasteiger partial charge in [-0.15, -0.1) is 0 Å². The Morgan fingerprint density at radius 3 is 3.07 bits per heavy atom. The van der Waals surface area contributed by atoms with Gasteiger partial charge in [-0.3, -0.25) is 5.10 Å². The summed E-state index contributed by atoms with van der Waals surface area (Å²) in [5.41, 5.74) is 0. The minimum absolute atomic E-state index is 0.604. The van der Waals surface area contributed by atoms with E-state index in [9.17, 15) is 0 Å². The first-order valence-corrected chi connectivity index (χ1v) is 4.55. The summed E-state index contributed by atoms with van der Waals surface area (Å²) in [5.74, 6) is 1.46. The zero-order valence-electron chi connectivity index (χ0n) is 7.60. The molecule has 0 aliphatic carbocycles. The molecular weight excluding hydrogens is 202 g/mol. The molecule has 74 valence electrons. The first kappa shape index (κ1) is 9.07. The van der Waals surface area contributed by atoms with Gasteiger partial charge in [0.2, 0.25) is 5.89 Å². The van der Waals surface area contributed by atoms with Crippen molar-refractivity contribution < 1.29 is 4.52 Å². The van der Waals surface area contributed by atoms with Gasteiger partial charge in [-0.05, 0) is 19.1 Å². The number of nitrogens with one attached hydrogen (secondary N) is 1. The fourth-order valence-corrected chi connectivity index (χ4v) is 1.44. The summed E-state index contributed by atoms with van der Waals surface area (Å²) in [4.78, 5) is 3.92. The number of nitrogens with zero attached hydrogens (tertiary/aromatic N) is 4. The van der Waals surface area contributed by atoms with E-state index in [2.05, 4.69) is 20.3 Å². The minimum Gasteiger partial charge on any atom is -0.340 e. The van der Waals surface area contributed by atoms with Crippen LogP contribution in [-0.2, 0) is 13.0 Å². The Balaban J connectivity index is 2.09. The van der Waals surface area contributed by atoms with Crippen LogP contribution in [-0.4, -0.2) is 24.9 Å². The van der Waals surface area contributed by atoms with E-state index >= 15 is 0 Å². The van der Waals surface area contributed by atoms with E-state index in [-0.39, 0.29) is 0 Å². The highest BCUT2D eigenvalue weighted by molar-refractivity contribution is 7.71. The predicted octanol–water partition coefficient (Wildman–Crippen LogP) is 0.875. The number of rotatable bonds is 3. The van der Waals surface area contributed by atoms with Gasteiger partial charge >= 0.3 is 0 Å². The minimum atomic E-state index is 0.604. The molecule has 1 N–H and O–H groups in total. The number of hydrogen-bond acceptors (Lipinski definition) is 5. The Labute approximate surface area is 85.0 Å². The van der Waals surface area contributed by atoms with Crippen molar-refractivity contribution in [2.75, 3.05) is 0 Å². The lowest BCUT2D eigenvalue weighted by atomic mass is 10.4. The monoisotopic (exact) mass is 211 g/mol. The molecule has 6 nitrogen and oxygen atoms in total. The SMILES string of the molecule is Cc1n[nH]c(=S)n1CCc1ncno1. The lowest BCUT2D eigenvalue weighted by Crippen LogP contribution is -2.03. The highest BCUT2D eigenvalue weighted by atomic mass is 32.1. The van der Waals surface area contributed by atoms with E-state index in [0.717, 1.165) is 5.82 Å². The zero-order valence-corrected chi connectivity index (χ0v) is 8.41. The van der Waals surface area contributed by atoms with Crippen molar-refractivity contribution in [2.24, 2.45) is 0 Å². The molecule has 0 bridgehead atoms. The first-order valence-electron chi connectivity index (χ1n) is 4.15. The van der Waals surface area contributed by atoms with Gasteiger partial charge in [-0.1, -0.05) is 5.16 Å². The van der Waals surface area contributed by atoms with Crippen molar-refractivity contribution in [1.82, 2.24) is 24.9 Å². The van der Waals surface area contributed by atoms with Crippen molar-refractivity contribution in [1.29, 1.82) is 0 Å². The summed E-state index contributed by atoms with van der Waals surface area (Å²) >= 11 is 5.05. The van der Waals surface area contributed by atoms with Gasteiger partial charge in [0, 0.05) is 13.0 Å². The molecule has 0 aliphatic heterocycles. The molecule has 0 amide bonds. The lowest BCUT2D eigenvalue weighted by molar-refractivity contribution is 0.370. The highest BCUT2D eigenvalue weighted by Crippen LogP contribution is 2.00. The third-order valence-corrected chi connectivity index (χ3v) is 2.22. The topological polar surface area (TPSA) is 72.5 Å². The summed E-state index contributed by atoms with van der Waals surface area (Å²) in [6, 6.07) is 0. The van der Waals surface area contributed by atoms with E-state index in [1.165, 1.54) is 6.33 Å². The highest BCUT2D eigenvalue weighted by Gasteiger charge is 2.03. The van der Waals surface area contributed by atoms with E-state index in [4.69, 9.17) is 16.7 Å². The zero-order chi connectivity index (χ0) is 9.97. The van der Waals surface area contributed by atoms with Crippen LogP contribution in [0.5, 0.6) is 0 Å². The first-order chi connectivity index (χ1) is 6.77. The quantitative estimate of drug-likeness (QED) is 0.763. The van der Waals surface area contributed by atoms with E-state index in [0.29, 0.717) is 23.6 Å². The maximum absolute atomic E-state index is 5.05. The van der Waals surface area contributed by atoms with Gasteiger partial charge in [-0.25, -0.2) is 0 Å². The van der Waals surface area contributed by atoms with Gasteiger partial charge in [0.1, 0.15) is 5.82 Å². The van der Waals surface area contributed by atoms with Crippen LogP contribution in [0.4, 0.5) is 0 Å². The van der Waals surface area contributed by atoms with Crippen LogP contribution in [0, 0.1) is 11.7 Å². The maximum atomic E-state index is 5.05. The lowest BCUT2D eigenvalue weighted by Gasteiger charge is -1.99. The fourth-order valence-electron chi connectivity index (χ4n) is 1.17. The second-order valence-electron chi connectivity index (χ2n) is 2.81. The van der Waals surface area contributed by atoms with Crippen LogP contribution >= 0.6 is 12.2 Å². The summed E-state index contributed by atoms with van der Waals surface area (Å²) < 4.78 is 7.37. The Morgan fingerprint density at radius 2 is 2.50 bits per heavy atom. The van der Waals surface area contributed by atoms with Gasteiger partial charge in [-0.2, -0.15) is 10.1 Å². The molecule has 0 unspecified atom stereocenters. The van der Waals surface area contributed by atoms with Crippen LogP contribution in [0.3, 0.4) is 0 Å². The molecule has 2 aromatic rings. The number of aromatic amines is 1. The third-order valence-electron chi connectivity index (χ3n) is 1.91.